The lowest BCUT2D eigenvalue weighted by Crippen LogP contribution is -2.32. The van der Waals surface area contributed by atoms with E-state index in [9.17, 15) is 8.42 Å². The molecule has 0 bridgehead atoms. The highest BCUT2D eigenvalue weighted by atomic mass is 35.5. The van der Waals surface area contributed by atoms with Crippen LogP contribution in [0.4, 0.5) is 0 Å². The Kier molecular flexibility index (Phi) is 4.68. The Morgan fingerprint density at radius 2 is 2.24 bits per heavy atom. The molecule has 4 nitrogen and oxygen atoms in total. The number of likely N-dealkylation sites (N-methyl/N-ethyl adjacent to an activating group) is 1. The van der Waals surface area contributed by atoms with E-state index in [1.807, 2.05) is 0 Å². The van der Waals surface area contributed by atoms with E-state index in [4.69, 9.17) is 11.6 Å². The van der Waals surface area contributed by atoms with Crippen LogP contribution in [0.25, 0.3) is 0 Å². The molecule has 0 fully saturated rings. The third-order valence-electron chi connectivity index (χ3n) is 2.13. The van der Waals surface area contributed by atoms with Crippen LogP contribution in [-0.2, 0) is 10.0 Å². The molecule has 1 heterocycles. The van der Waals surface area contributed by atoms with Crippen molar-refractivity contribution in [1.29, 1.82) is 0 Å². The minimum atomic E-state index is -3.52. The molecule has 0 aliphatic carbocycles. The average molecular weight is 275 g/mol. The number of rotatable bonds is 5. The first-order chi connectivity index (χ1) is 7.87. The Balaban J connectivity index is 3.13. The lowest BCUT2D eigenvalue weighted by atomic mass is 10.3. The maximum atomic E-state index is 12.2. The van der Waals surface area contributed by atoms with Gasteiger partial charge in [-0.2, -0.15) is 4.31 Å². The topological polar surface area (TPSA) is 50.3 Å². The van der Waals surface area contributed by atoms with Gasteiger partial charge in [-0.25, -0.2) is 13.4 Å². The third-order valence-corrected chi connectivity index (χ3v) is 4.26. The second kappa shape index (κ2) is 5.62. The number of halogens is 1. The second-order valence-corrected chi connectivity index (χ2v) is 6.03. The van der Waals surface area contributed by atoms with Crippen molar-refractivity contribution in [2.45, 2.75) is 18.7 Å². The Bertz CT molecular complexity index is 514. The van der Waals surface area contributed by atoms with Crippen LogP contribution < -0.4 is 0 Å². The molecule has 0 spiro atoms. The summed E-state index contributed by atoms with van der Waals surface area (Å²) in [6.07, 6.45) is 1.38. The molecule has 0 amide bonds. The number of hydrogen-bond acceptors (Lipinski definition) is 3. The number of aromatic nitrogens is 1. The smallest absolute Gasteiger partial charge is 0.243 e. The van der Waals surface area contributed by atoms with Gasteiger partial charge in [-0.15, -0.1) is 0 Å². The van der Waals surface area contributed by atoms with Gasteiger partial charge in [0.15, 0.2) is 0 Å². The van der Waals surface area contributed by atoms with Crippen LogP contribution in [0.3, 0.4) is 0 Å². The van der Waals surface area contributed by atoms with E-state index in [1.165, 1.54) is 22.6 Å². The number of pyridine rings is 1. The summed E-state index contributed by atoms with van der Waals surface area (Å²) >= 11 is 5.69. The van der Waals surface area contributed by atoms with Crippen LogP contribution in [0.2, 0.25) is 5.15 Å². The fraction of sp³-hybridized carbons (Fsp3) is 0.364. The maximum Gasteiger partial charge on any atom is 0.243 e. The molecular formula is C11H15ClN2O2S. The molecule has 1 rings (SSSR count). The fourth-order valence-corrected chi connectivity index (χ4v) is 3.12. The van der Waals surface area contributed by atoms with Crippen LogP contribution in [0.15, 0.2) is 35.4 Å². The minimum absolute atomic E-state index is 0.153. The van der Waals surface area contributed by atoms with Crippen molar-refractivity contribution in [3.8, 4) is 0 Å². The monoisotopic (exact) mass is 274 g/mol. The first-order valence-corrected chi connectivity index (χ1v) is 6.95. The summed E-state index contributed by atoms with van der Waals surface area (Å²) in [5.41, 5.74) is 0.788. The zero-order chi connectivity index (χ0) is 13.1. The molecule has 17 heavy (non-hydrogen) atoms. The molecule has 0 aromatic carbocycles. The molecule has 94 valence electrons. The molecule has 0 aliphatic rings. The van der Waals surface area contributed by atoms with Gasteiger partial charge < -0.3 is 0 Å². The SMILES string of the molecule is C=C(C)CN(CC)S(=O)(=O)c1ccnc(Cl)c1. The van der Waals surface area contributed by atoms with Crippen LogP contribution in [0.1, 0.15) is 13.8 Å². The molecule has 0 N–H and O–H groups in total. The normalized spacial score (nSPS) is 11.8. The van der Waals surface area contributed by atoms with Crippen LogP contribution in [-0.4, -0.2) is 30.8 Å². The summed E-state index contributed by atoms with van der Waals surface area (Å²) in [5.74, 6) is 0. The average Bonchev–Trinajstić information content (AvgIpc) is 2.25. The van der Waals surface area contributed by atoms with Crippen molar-refractivity contribution in [2.75, 3.05) is 13.1 Å². The first-order valence-electron chi connectivity index (χ1n) is 5.14. The molecule has 0 atom stereocenters. The third kappa shape index (κ3) is 3.52. The molecule has 0 saturated heterocycles. The molecule has 0 aliphatic heterocycles. The summed E-state index contributed by atoms with van der Waals surface area (Å²) < 4.78 is 25.8. The molecule has 1 aromatic heterocycles. The fourth-order valence-electron chi connectivity index (χ4n) is 1.36. The molecule has 0 saturated carbocycles. The zero-order valence-corrected chi connectivity index (χ0v) is 11.4. The van der Waals surface area contributed by atoms with E-state index in [0.29, 0.717) is 13.1 Å². The van der Waals surface area contributed by atoms with Gasteiger partial charge in [-0.3, -0.25) is 0 Å². The highest BCUT2D eigenvalue weighted by Crippen LogP contribution is 2.18. The number of hydrogen-bond donors (Lipinski definition) is 0. The van der Waals surface area contributed by atoms with Gasteiger partial charge in [0.05, 0.1) is 4.90 Å². The van der Waals surface area contributed by atoms with Gasteiger partial charge in [-0.1, -0.05) is 30.7 Å². The number of sulfonamides is 1. The Morgan fingerprint density at radius 1 is 1.59 bits per heavy atom. The first kappa shape index (κ1) is 14.2. The van der Waals surface area contributed by atoms with Gasteiger partial charge in [0.1, 0.15) is 5.15 Å². The standard InChI is InChI=1S/C11H15ClN2O2S/c1-4-14(8-9(2)3)17(15,16)10-5-6-13-11(12)7-10/h5-7H,2,4,8H2,1,3H3. The van der Waals surface area contributed by atoms with Crippen molar-refractivity contribution < 1.29 is 8.42 Å². The predicted molar refractivity (Wildman–Crippen MR) is 68.5 cm³/mol. The number of nitrogens with zero attached hydrogens (tertiary/aromatic N) is 2. The Morgan fingerprint density at radius 3 is 2.71 bits per heavy atom. The van der Waals surface area contributed by atoms with Gasteiger partial charge in [0.2, 0.25) is 10.0 Å². The van der Waals surface area contributed by atoms with E-state index in [2.05, 4.69) is 11.6 Å². The summed E-state index contributed by atoms with van der Waals surface area (Å²) in [6, 6.07) is 2.78. The zero-order valence-electron chi connectivity index (χ0n) is 9.85. The van der Waals surface area contributed by atoms with Crippen LogP contribution in [0.5, 0.6) is 0 Å². The van der Waals surface area contributed by atoms with Crippen molar-refractivity contribution in [1.82, 2.24) is 9.29 Å². The summed E-state index contributed by atoms with van der Waals surface area (Å²) in [7, 11) is -3.52. The van der Waals surface area contributed by atoms with Gasteiger partial charge in [0, 0.05) is 19.3 Å². The highest BCUT2D eigenvalue weighted by Gasteiger charge is 2.23. The van der Waals surface area contributed by atoms with Crippen molar-refractivity contribution in [3.63, 3.8) is 0 Å². The van der Waals surface area contributed by atoms with E-state index in [0.717, 1.165) is 5.57 Å². The van der Waals surface area contributed by atoms with E-state index < -0.39 is 10.0 Å². The van der Waals surface area contributed by atoms with Crippen molar-refractivity contribution >= 4 is 21.6 Å². The Hall–Kier alpha value is -0.910. The van der Waals surface area contributed by atoms with E-state index >= 15 is 0 Å². The molecule has 0 unspecified atom stereocenters. The molecule has 0 radical (unpaired) electrons. The summed E-state index contributed by atoms with van der Waals surface area (Å²) in [4.78, 5) is 3.92. The highest BCUT2D eigenvalue weighted by molar-refractivity contribution is 7.89. The quantitative estimate of drug-likeness (QED) is 0.612. The van der Waals surface area contributed by atoms with Gasteiger partial charge in [0.25, 0.3) is 0 Å². The van der Waals surface area contributed by atoms with Gasteiger partial charge in [-0.05, 0) is 19.1 Å². The lowest BCUT2D eigenvalue weighted by Gasteiger charge is -2.20. The largest absolute Gasteiger partial charge is 0.244 e. The summed E-state index contributed by atoms with van der Waals surface area (Å²) in [6.45, 7) is 7.98. The van der Waals surface area contributed by atoms with Crippen LogP contribution >= 0.6 is 11.6 Å². The maximum absolute atomic E-state index is 12.2. The van der Waals surface area contributed by atoms with Gasteiger partial charge >= 0.3 is 0 Å². The predicted octanol–water partition coefficient (Wildman–Crippen LogP) is 2.32. The van der Waals surface area contributed by atoms with Crippen LogP contribution in [0, 0.1) is 0 Å². The molecule has 6 heteroatoms. The molecule has 1 aromatic rings. The molecular weight excluding hydrogens is 260 g/mol. The van der Waals surface area contributed by atoms with Crippen molar-refractivity contribution in [3.05, 3.63) is 35.6 Å². The van der Waals surface area contributed by atoms with E-state index in [-0.39, 0.29) is 10.0 Å². The Labute approximate surface area is 107 Å². The van der Waals surface area contributed by atoms with Crippen molar-refractivity contribution in [2.24, 2.45) is 0 Å². The van der Waals surface area contributed by atoms with E-state index in [1.54, 1.807) is 13.8 Å². The lowest BCUT2D eigenvalue weighted by molar-refractivity contribution is 0.453. The second-order valence-electron chi connectivity index (χ2n) is 3.70. The summed E-state index contributed by atoms with van der Waals surface area (Å²) in [5, 5.41) is 0.164. The minimum Gasteiger partial charge on any atom is -0.244 e.